The Bertz CT molecular complexity index is 1240. The molecule has 0 radical (unpaired) electrons. The Morgan fingerprint density at radius 2 is 0.616 bits per heavy atom. The molecule has 0 aliphatic carbocycles. The normalized spacial score (nSPS) is 9.04. The van der Waals surface area contributed by atoms with Gasteiger partial charge in [-0.05, 0) is 109 Å². The molecule has 1 nitrogen and oxygen atoms in total. The predicted molar refractivity (Wildman–Crippen MR) is 355 cm³/mol. The number of ether oxygens (including phenoxy) is 1. The molecule has 4 aromatic carbocycles. The van der Waals surface area contributed by atoms with Gasteiger partial charge in [0.25, 0.3) is 0 Å². The van der Waals surface area contributed by atoms with Crippen LogP contribution >= 0.6 is 11.8 Å². The van der Waals surface area contributed by atoms with E-state index in [9.17, 15) is 0 Å². The van der Waals surface area contributed by atoms with E-state index in [0.717, 1.165) is 53.1 Å². The summed E-state index contributed by atoms with van der Waals surface area (Å²) in [6.07, 6.45) is 1.46. The molecule has 0 aliphatic rings. The van der Waals surface area contributed by atoms with E-state index in [1.165, 1.54) is 22.4 Å². The Kier molecular flexibility index (Phi) is 99.1. The van der Waals surface area contributed by atoms with Crippen molar-refractivity contribution in [2.75, 3.05) is 0 Å². The summed E-state index contributed by atoms with van der Waals surface area (Å²) in [7, 11) is 0. The summed E-state index contributed by atoms with van der Waals surface area (Å²) >= 11 is 1.90. The van der Waals surface area contributed by atoms with Crippen molar-refractivity contribution >= 4 is 11.8 Å². The van der Waals surface area contributed by atoms with Crippen molar-refractivity contribution in [3.63, 3.8) is 0 Å². The fraction of sp³-hybridized carbons (Fsp3) is 0.662. The third-order valence-electron chi connectivity index (χ3n) is 7.29. The van der Waals surface area contributed by atoms with Gasteiger partial charge in [-0.2, -0.15) is 0 Å². The summed E-state index contributed by atoms with van der Waals surface area (Å²) in [5.74, 6) is 8.26. The second-order valence-corrected chi connectivity index (χ2v) is 22.5. The summed E-state index contributed by atoms with van der Waals surface area (Å²) in [5.41, 5.74) is 2.86. The Labute approximate surface area is 471 Å². The zero-order chi connectivity index (χ0) is 57.9. The van der Waals surface area contributed by atoms with Crippen LogP contribution in [0.2, 0.25) is 0 Å². The molecule has 0 fully saturated rings. The predicted octanol–water partition coefficient (Wildman–Crippen LogP) is 26.3. The van der Waals surface area contributed by atoms with Crippen molar-refractivity contribution in [2.24, 2.45) is 47.3 Å². The summed E-state index contributed by atoms with van der Waals surface area (Å²) in [6.45, 7) is 70.8. The van der Waals surface area contributed by atoms with E-state index < -0.39 is 0 Å². The molecule has 73 heavy (non-hydrogen) atoms. The zero-order valence-electron chi connectivity index (χ0n) is 54.4. The number of hydrogen-bond donors (Lipinski definition) is 0. The highest BCUT2D eigenvalue weighted by molar-refractivity contribution is 7.99. The van der Waals surface area contributed by atoms with Crippen molar-refractivity contribution in [1.82, 2.24) is 0 Å². The molecule has 0 aromatic heterocycles. The molecule has 0 unspecified atom stereocenters. The van der Waals surface area contributed by atoms with Crippen LogP contribution in [-0.2, 0) is 6.42 Å². The molecule has 0 N–H and O–H groups in total. The zero-order valence-corrected chi connectivity index (χ0v) is 55.2. The van der Waals surface area contributed by atoms with Gasteiger partial charge in [-0.15, -0.1) is 11.8 Å². The van der Waals surface area contributed by atoms with E-state index in [2.05, 4.69) is 238 Å². The molecular weight excluding hydrogens is 901 g/mol. The van der Waals surface area contributed by atoms with Crippen LogP contribution in [0.4, 0.5) is 0 Å². The van der Waals surface area contributed by atoms with Crippen LogP contribution in [0, 0.1) is 47.3 Å². The van der Waals surface area contributed by atoms with Crippen molar-refractivity contribution in [1.29, 1.82) is 0 Å². The first-order valence-corrected chi connectivity index (χ1v) is 29.6. The molecule has 436 valence electrons. The Balaban J connectivity index is -0.0000000658. The van der Waals surface area contributed by atoms with E-state index in [4.69, 9.17) is 4.74 Å². The standard InChI is InChI=1S/C10H14.C9H12O.C9H12S.C9H12.C8H18.4C4H10.4C2H6.2CH4/c1-9(2)8-10-6-4-3-5-7-10;2*1-8(2)10-9-6-4-3-5-7-9;1-8(2)9-6-4-3-5-7-9;1-6(2)8(5)7(3)4;4*1-4(2)3;4*1-2;;/h3-7,9H,8H2,1-2H3;2*3-8H,1-2H3;3-8H,1-2H3;6-8H,1-5H3;4*4H,1-3H3;4*1-2H3;2*1H4. The highest BCUT2D eigenvalue weighted by atomic mass is 32.2. The van der Waals surface area contributed by atoms with Crippen LogP contribution in [-0.4, -0.2) is 11.4 Å². The average Bonchev–Trinajstić information content (AvgIpc) is 3.30. The van der Waals surface area contributed by atoms with Gasteiger partial charge in [0.15, 0.2) is 0 Å². The largest absolute Gasteiger partial charge is 0.491 e. The molecular formula is C71H140OS. The lowest BCUT2D eigenvalue weighted by Crippen LogP contribution is -2.10. The molecule has 0 aliphatic heterocycles. The molecule has 0 heterocycles. The van der Waals surface area contributed by atoms with E-state index in [1.54, 1.807) is 0 Å². The third-order valence-corrected chi connectivity index (χ3v) is 8.30. The number of para-hydroxylation sites is 1. The molecule has 0 bridgehead atoms. The van der Waals surface area contributed by atoms with Crippen molar-refractivity contribution in [3.05, 3.63) is 132 Å². The first-order valence-electron chi connectivity index (χ1n) is 28.7. The maximum Gasteiger partial charge on any atom is 0.119 e. The van der Waals surface area contributed by atoms with Gasteiger partial charge in [0, 0.05) is 10.1 Å². The van der Waals surface area contributed by atoms with Crippen LogP contribution in [0.15, 0.2) is 126 Å². The lowest BCUT2D eigenvalue weighted by molar-refractivity contribution is 0.242. The van der Waals surface area contributed by atoms with E-state index in [0.29, 0.717) is 11.2 Å². The van der Waals surface area contributed by atoms with Crippen molar-refractivity contribution in [3.8, 4) is 5.75 Å². The van der Waals surface area contributed by atoms with Crippen LogP contribution < -0.4 is 4.74 Å². The molecule has 0 spiro atoms. The van der Waals surface area contributed by atoms with E-state index in [1.807, 2.05) is 123 Å². The van der Waals surface area contributed by atoms with Crippen LogP contribution in [0.25, 0.3) is 0 Å². The van der Waals surface area contributed by atoms with Gasteiger partial charge in [0.1, 0.15) is 5.75 Å². The fourth-order valence-electron chi connectivity index (χ4n) is 4.24. The van der Waals surface area contributed by atoms with Crippen LogP contribution in [0.1, 0.15) is 260 Å². The van der Waals surface area contributed by atoms with Crippen molar-refractivity contribution < 1.29 is 4.74 Å². The van der Waals surface area contributed by atoms with Gasteiger partial charge < -0.3 is 4.74 Å². The van der Waals surface area contributed by atoms with Gasteiger partial charge >= 0.3 is 0 Å². The number of thioether (sulfide) groups is 1. The Morgan fingerprint density at radius 1 is 0.356 bits per heavy atom. The second-order valence-electron chi connectivity index (χ2n) is 20.9. The smallest absolute Gasteiger partial charge is 0.119 e. The minimum absolute atomic E-state index is 0. The van der Waals surface area contributed by atoms with Gasteiger partial charge in [-0.1, -0.05) is 327 Å². The number of benzene rings is 4. The molecule has 0 saturated carbocycles. The van der Waals surface area contributed by atoms with Gasteiger partial charge in [0.2, 0.25) is 0 Å². The summed E-state index contributed by atoms with van der Waals surface area (Å²) in [5, 5.41) is 0.683. The minimum Gasteiger partial charge on any atom is -0.491 e. The Morgan fingerprint density at radius 3 is 0.822 bits per heavy atom. The maximum absolute atomic E-state index is 5.41. The Hall–Kier alpha value is -2.97. The first kappa shape index (κ1) is 95.8. The monoisotopic (exact) mass is 1040 g/mol. The summed E-state index contributed by atoms with van der Waals surface area (Å²) < 4.78 is 5.41. The molecule has 4 rings (SSSR count). The fourth-order valence-corrected chi connectivity index (χ4v) is 5.09. The molecule has 2 heteroatoms. The minimum atomic E-state index is 0. The first-order chi connectivity index (χ1) is 33.1. The quantitative estimate of drug-likeness (QED) is 0.155. The van der Waals surface area contributed by atoms with Gasteiger partial charge in [-0.25, -0.2) is 0 Å². The van der Waals surface area contributed by atoms with Crippen LogP contribution in [0.3, 0.4) is 0 Å². The maximum atomic E-state index is 5.41. The topological polar surface area (TPSA) is 9.23 Å². The molecule has 0 atom stereocenters. The summed E-state index contributed by atoms with van der Waals surface area (Å²) in [4.78, 5) is 1.36. The lowest BCUT2D eigenvalue weighted by Gasteiger charge is -2.18. The SMILES string of the molecule is C.C.CC.CC.CC.CC.CC(C)C.CC(C)C.CC(C)C.CC(C)C.CC(C)C(C)C(C)C.CC(C)Cc1ccccc1.CC(C)Oc1ccccc1.CC(C)Sc1ccccc1.CC(C)c1ccccc1. The number of hydrogen-bond acceptors (Lipinski definition) is 2. The summed E-state index contributed by atoms with van der Waals surface area (Å²) in [6, 6.07) is 41.4. The lowest BCUT2D eigenvalue weighted by atomic mass is 9.88. The van der Waals surface area contributed by atoms with E-state index >= 15 is 0 Å². The molecule has 4 aromatic rings. The highest BCUT2D eigenvalue weighted by Gasteiger charge is 2.09. The third kappa shape index (κ3) is 110. The average molecular weight is 1040 g/mol. The molecule has 0 saturated heterocycles. The van der Waals surface area contributed by atoms with E-state index in [-0.39, 0.29) is 21.0 Å². The van der Waals surface area contributed by atoms with Crippen LogP contribution in [0.5, 0.6) is 5.75 Å². The van der Waals surface area contributed by atoms with Gasteiger partial charge in [-0.3, -0.25) is 0 Å². The second kappa shape index (κ2) is 75.5. The molecule has 0 amide bonds. The van der Waals surface area contributed by atoms with Crippen molar-refractivity contribution in [2.45, 2.75) is 272 Å². The highest BCUT2D eigenvalue weighted by Crippen LogP contribution is 2.21. The van der Waals surface area contributed by atoms with Gasteiger partial charge in [0.05, 0.1) is 6.10 Å². The number of rotatable bonds is 9.